The molecule has 6 nitrogen and oxygen atoms in total. The lowest BCUT2D eigenvalue weighted by Crippen LogP contribution is -1.89. The van der Waals surface area contributed by atoms with Gasteiger partial charge in [-0.2, -0.15) is 14.7 Å². The molecule has 8 heteroatoms. The van der Waals surface area contributed by atoms with Crippen molar-refractivity contribution in [1.29, 1.82) is 0 Å². The van der Waals surface area contributed by atoms with Crippen LogP contribution < -0.4 is 0 Å². The van der Waals surface area contributed by atoms with Crippen LogP contribution in [0, 0.1) is 0 Å². The molecule has 4 aromatic rings. The summed E-state index contributed by atoms with van der Waals surface area (Å²) in [4.78, 5) is 1.85. The summed E-state index contributed by atoms with van der Waals surface area (Å²) in [5.41, 5.74) is 2.03. The Bertz CT molecular complexity index is 886. The predicted molar refractivity (Wildman–Crippen MR) is 88.2 cm³/mol. The molecule has 0 spiro atoms. The number of nitrogens with zero attached hydrogens (tertiary/aromatic N) is 5. The number of aromatic nitrogens is 6. The fourth-order valence-corrected chi connectivity index (χ4v) is 3.74. The van der Waals surface area contributed by atoms with Gasteiger partial charge in [-0.15, -0.1) is 21.5 Å². The highest BCUT2D eigenvalue weighted by Crippen LogP contribution is 2.29. The molecule has 0 aliphatic rings. The number of H-pyrrole nitrogens is 1. The Labute approximate surface area is 134 Å². The van der Waals surface area contributed by atoms with E-state index in [0.717, 1.165) is 44.9 Å². The maximum absolute atomic E-state index is 4.63. The Kier molecular flexibility index (Phi) is 3.47. The molecule has 0 saturated heterocycles. The van der Waals surface area contributed by atoms with Crippen molar-refractivity contribution in [3.8, 4) is 21.4 Å². The van der Waals surface area contributed by atoms with Gasteiger partial charge in [0.1, 0.15) is 5.69 Å². The van der Waals surface area contributed by atoms with Crippen LogP contribution >= 0.6 is 22.7 Å². The molecule has 0 atom stereocenters. The smallest absolute Gasteiger partial charge is 0.235 e. The zero-order chi connectivity index (χ0) is 14.9. The number of nitrogens with one attached hydrogen (secondary N) is 1. The van der Waals surface area contributed by atoms with E-state index in [1.807, 2.05) is 17.5 Å². The molecule has 0 aliphatic heterocycles. The summed E-state index contributed by atoms with van der Waals surface area (Å²) in [5, 5.41) is 23.4. The van der Waals surface area contributed by atoms with Gasteiger partial charge >= 0.3 is 0 Å². The maximum Gasteiger partial charge on any atom is 0.235 e. The van der Waals surface area contributed by atoms with Crippen LogP contribution in [0.2, 0.25) is 0 Å². The van der Waals surface area contributed by atoms with Gasteiger partial charge in [0.05, 0.1) is 4.88 Å². The first-order chi connectivity index (χ1) is 10.8. The predicted octanol–water partition coefficient (Wildman–Crippen LogP) is 3.65. The fourth-order valence-electron chi connectivity index (χ4n) is 2.25. The van der Waals surface area contributed by atoms with Crippen molar-refractivity contribution in [2.75, 3.05) is 0 Å². The molecule has 4 rings (SSSR count). The average Bonchev–Trinajstić information content (AvgIpc) is 3.25. The molecule has 112 valence electrons. The Morgan fingerprint density at radius 1 is 1.32 bits per heavy atom. The number of hydrogen-bond acceptors (Lipinski definition) is 6. The Hall–Kier alpha value is -2.06. The molecule has 0 unspecified atom stereocenters. The number of aryl methyl sites for hydroxylation is 1. The van der Waals surface area contributed by atoms with Crippen LogP contribution in [0.3, 0.4) is 0 Å². The zero-order valence-electron chi connectivity index (χ0n) is 12.0. The molecule has 0 aliphatic carbocycles. The van der Waals surface area contributed by atoms with E-state index in [9.17, 15) is 0 Å². The standard InChI is InChI=1S/C14H14N6S2/c1-2-3-5-9-8-10(16-15-9)13-19-20-12(11-6-4-7-21-11)17-18-14(20)22-13/h4,6-8H,2-3,5H2,1H3,(H,15,16). The second-order valence-electron chi connectivity index (χ2n) is 4.98. The van der Waals surface area contributed by atoms with Crippen LogP contribution in [-0.4, -0.2) is 30.0 Å². The van der Waals surface area contributed by atoms with Crippen molar-refractivity contribution < 1.29 is 0 Å². The summed E-state index contributed by atoms with van der Waals surface area (Å²) in [5.74, 6) is 0.786. The Balaban J connectivity index is 1.69. The van der Waals surface area contributed by atoms with Crippen LogP contribution in [0.1, 0.15) is 25.5 Å². The SMILES string of the molecule is CCCCc1cc(-c2nn3c(-c4cccs4)nnc3s2)n[nH]1. The Morgan fingerprint density at radius 3 is 3.09 bits per heavy atom. The normalized spacial score (nSPS) is 11.5. The molecule has 0 fully saturated rings. The van der Waals surface area contributed by atoms with Crippen molar-refractivity contribution in [3.05, 3.63) is 29.3 Å². The number of rotatable bonds is 5. The van der Waals surface area contributed by atoms with Crippen molar-refractivity contribution in [1.82, 2.24) is 30.0 Å². The van der Waals surface area contributed by atoms with E-state index < -0.39 is 0 Å². The van der Waals surface area contributed by atoms with Gasteiger partial charge in [-0.25, -0.2) is 0 Å². The molecule has 0 saturated carbocycles. The molecule has 0 aromatic carbocycles. The molecule has 0 bridgehead atoms. The van der Waals surface area contributed by atoms with Crippen molar-refractivity contribution in [2.24, 2.45) is 0 Å². The van der Waals surface area contributed by atoms with Gasteiger partial charge in [0.25, 0.3) is 0 Å². The van der Waals surface area contributed by atoms with E-state index in [0.29, 0.717) is 0 Å². The van der Waals surface area contributed by atoms with Crippen LogP contribution in [-0.2, 0) is 6.42 Å². The summed E-state index contributed by atoms with van der Waals surface area (Å²) < 4.78 is 1.80. The molecule has 4 aromatic heterocycles. The second kappa shape index (κ2) is 5.62. The van der Waals surface area contributed by atoms with E-state index in [-0.39, 0.29) is 0 Å². The third kappa shape index (κ3) is 2.34. The minimum absolute atomic E-state index is 0.786. The maximum atomic E-state index is 4.63. The average molecular weight is 330 g/mol. The monoisotopic (exact) mass is 330 g/mol. The summed E-state index contributed by atoms with van der Waals surface area (Å²) in [6.07, 6.45) is 3.36. The van der Waals surface area contributed by atoms with E-state index in [4.69, 9.17) is 0 Å². The van der Waals surface area contributed by atoms with Crippen LogP contribution in [0.4, 0.5) is 0 Å². The number of thiophene rings is 1. The van der Waals surface area contributed by atoms with Crippen molar-refractivity contribution in [3.63, 3.8) is 0 Å². The first-order valence-corrected chi connectivity index (χ1v) is 8.85. The third-order valence-corrected chi connectivity index (χ3v) is 5.17. The molecule has 1 N–H and O–H groups in total. The summed E-state index contributed by atoms with van der Waals surface area (Å²) >= 11 is 3.14. The molecular formula is C14H14N6S2. The summed E-state index contributed by atoms with van der Waals surface area (Å²) in [7, 11) is 0. The highest BCUT2D eigenvalue weighted by atomic mass is 32.1. The quantitative estimate of drug-likeness (QED) is 0.606. The zero-order valence-corrected chi connectivity index (χ0v) is 13.6. The first kappa shape index (κ1) is 13.6. The second-order valence-corrected chi connectivity index (χ2v) is 6.89. The lowest BCUT2D eigenvalue weighted by Gasteiger charge is -1.91. The summed E-state index contributed by atoms with van der Waals surface area (Å²) in [6.45, 7) is 2.19. The number of unbranched alkanes of at least 4 members (excludes halogenated alkanes) is 1. The van der Waals surface area contributed by atoms with Gasteiger partial charge in [-0.05, 0) is 30.4 Å². The van der Waals surface area contributed by atoms with Gasteiger partial charge in [0.2, 0.25) is 4.96 Å². The minimum atomic E-state index is 0.786. The van der Waals surface area contributed by atoms with E-state index in [1.165, 1.54) is 17.8 Å². The highest BCUT2D eigenvalue weighted by Gasteiger charge is 2.16. The number of aromatic amines is 1. The topological polar surface area (TPSA) is 71.8 Å². The first-order valence-electron chi connectivity index (χ1n) is 7.16. The molecule has 0 radical (unpaired) electrons. The number of hydrogen-bond donors (Lipinski definition) is 1. The van der Waals surface area contributed by atoms with E-state index in [2.05, 4.69) is 38.5 Å². The van der Waals surface area contributed by atoms with Gasteiger partial charge in [0, 0.05) is 5.69 Å². The Morgan fingerprint density at radius 2 is 2.27 bits per heavy atom. The largest absolute Gasteiger partial charge is 0.282 e. The lowest BCUT2D eigenvalue weighted by atomic mass is 10.2. The molecule has 4 heterocycles. The van der Waals surface area contributed by atoms with Crippen molar-refractivity contribution >= 4 is 27.6 Å². The van der Waals surface area contributed by atoms with E-state index in [1.54, 1.807) is 15.9 Å². The molecule has 0 amide bonds. The van der Waals surface area contributed by atoms with Crippen molar-refractivity contribution in [2.45, 2.75) is 26.2 Å². The van der Waals surface area contributed by atoms with Gasteiger partial charge in [-0.3, -0.25) is 5.10 Å². The van der Waals surface area contributed by atoms with Crippen LogP contribution in [0.25, 0.3) is 26.4 Å². The fraction of sp³-hybridized carbons (Fsp3) is 0.286. The van der Waals surface area contributed by atoms with Gasteiger partial charge < -0.3 is 0 Å². The lowest BCUT2D eigenvalue weighted by molar-refractivity contribution is 0.772. The highest BCUT2D eigenvalue weighted by molar-refractivity contribution is 7.19. The molecule has 22 heavy (non-hydrogen) atoms. The van der Waals surface area contributed by atoms with E-state index >= 15 is 0 Å². The van der Waals surface area contributed by atoms with Gasteiger partial charge in [-0.1, -0.05) is 30.7 Å². The van der Waals surface area contributed by atoms with Crippen LogP contribution in [0.15, 0.2) is 23.6 Å². The van der Waals surface area contributed by atoms with Crippen LogP contribution in [0.5, 0.6) is 0 Å². The summed E-state index contributed by atoms with van der Waals surface area (Å²) in [6, 6.07) is 6.10. The minimum Gasteiger partial charge on any atom is -0.282 e. The molecular weight excluding hydrogens is 316 g/mol. The number of fused-ring (bicyclic) bond motifs is 1. The van der Waals surface area contributed by atoms with Gasteiger partial charge in [0.15, 0.2) is 10.8 Å². The third-order valence-electron chi connectivity index (χ3n) is 3.38.